The summed E-state index contributed by atoms with van der Waals surface area (Å²) in [6.45, 7) is 0.332. The Morgan fingerprint density at radius 3 is 2.52 bits per heavy atom. The van der Waals surface area contributed by atoms with Crippen LogP contribution in [0.4, 0.5) is 5.69 Å². The highest BCUT2D eigenvalue weighted by atomic mass is 127. The average Bonchev–Trinajstić information content (AvgIpc) is 2.43. The van der Waals surface area contributed by atoms with Crippen LogP contribution in [-0.4, -0.2) is 37.4 Å². The Kier molecular flexibility index (Phi) is 6.53. The van der Waals surface area contributed by atoms with E-state index in [1.807, 2.05) is 6.07 Å². The van der Waals surface area contributed by atoms with Crippen molar-refractivity contribution in [3.8, 4) is 11.5 Å². The predicted molar refractivity (Wildman–Crippen MR) is 93.9 cm³/mol. The van der Waals surface area contributed by atoms with E-state index >= 15 is 0 Å². The van der Waals surface area contributed by atoms with E-state index in [9.17, 15) is 5.11 Å². The smallest absolute Gasteiger partial charge is 0.193 e. The molecule has 1 saturated carbocycles. The van der Waals surface area contributed by atoms with Gasteiger partial charge in [-0.1, -0.05) is 0 Å². The first kappa shape index (κ1) is 17.8. The number of ether oxygens (including phenoxy) is 2. The molecule has 0 saturated heterocycles. The molecule has 0 aliphatic heterocycles. The predicted octanol–water partition coefficient (Wildman–Crippen LogP) is 1.96. The molecule has 0 aromatic heterocycles. The Morgan fingerprint density at radius 2 is 2.00 bits per heavy atom. The van der Waals surface area contributed by atoms with Gasteiger partial charge in [-0.3, -0.25) is 4.99 Å². The molecule has 2 rings (SSSR count). The van der Waals surface area contributed by atoms with Crippen LogP contribution < -0.4 is 20.5 Å². The van der Waals surface area contributed by atoms with Crippen molar-refractivity contribution < 1.29 is 14.6 Å². The second-order valence-electron chi connectivity index (χ2n) is 4.97. The number of methoxy groups -OCH3 is 2. The molecule has 1 aliphatic rings. The average molecular weight is 407 g/mol. The zero-order valence-corrected chi connectivity index (χ0v) is 14.6. The fourth-order valence-electron chi connectivity index (χ4n) is 2.08. The van der Waals surface area contributed by atoms with Crippen molar-refractivity contribution in [3.05, 3.63) is 18.2 Å². The number of aliphatic hydroxyl groups is 1. The highest BCUT2D eigenvalue weighted by molar-refractivity contribution is 14.0. The van der Waals surface area contributed by atoms with E-state index in [4.69, 9.17) is 15.2 Å². The number of halogens is 1. The second-order valence-corrected chi connectivity index (χ2v) is 4.97. The summed E-state index contributed by atoms with van der Waals surface area (Å²) in [4.78, 5) is 4.17. The molecule has 0 unspecified atom stereocenters. The number of nitrogens with one attached hydrogen (secondary N) is 1. The minimum absolute atomic E-state index is 0. The molecule has 7 heteroatoms. The molecule has 21 heavy (non-hydrogen) atoms. The number of hydrogen-bond donors (Lipinski definition) is 3. The van der Waals surface area contributed by atoms with Gasteiger partial charge in [0.25, 0.3) is 0 Å². The van der Waals surface area contributed by atoms with Crippen LogP contribution in [0.5, 0.6) is 11.5 Å². The Hall–Kier alpha value is -1.22. The van der Waals surface area contributed by atoms with E-state index in [-0.39, 0.29) is 29.9 Å². The van der Waals surface area contributed by atoms with Crippen LogP contribution in [0.1, 0.15) is 19.3 Å². The molecule has 0 spiro atoms. The Bertz CT molecular complexity index is 504. The molecule has 1 fully saturated rings. The van der Waals surface area contributed by atoms with Crippen molar-refractivity contribution in [1.29, 1.82) is 0 Å². The Morgan fingerprint density at radius 1 is 1.33 bits per heavy atom. The summed E-state index contributed by atoms with van der Waals surface area (Å²) < 4.78 is 10.4. The molecule has 1 aromatic rings. The monoisotopic (exact) mass is 407 g/mol. The van der Waals surface area contributed by atoms with Gasteiger partial charge in [-0.25, -0.2) is 0 Å². The number of nitrogens with zero attached hydrogens (tertiary/aromatic N) is 1. The van der Waals surface area contributed by atoms with Crippen LogP contribution in [0.3, 0.4) is 0 Å². The van der Waals surface area contributed by atoms with Gasteiger partial charge in [-0.15, -0.1) is 24.0 Å². The summed E-state index contributed by atoms with van der Waals surface area (Å²) in [7, 11) is 3.16. The van der Waals surface area contributed by atoms with Gasteiger partial charge in [0.2, 0.25) is 0 Å². The summed E-state index contributed by atoms with van der Waals surface area (Å²) in [5.74, 6) is 1.54. The largest absolute Gasteiger partial charge is 0.493 e. The van der Waals surface area contributed by atoms with Crippen LogP contribution in [-0.2, 0) is 0 Å². The van der Waals surface area contributed by atoms with Crippen LogP contribution in [0.25, 0.3) is 0 Å². The fraction of sp³-hybridized carbons (Fsp3) is 0.500. The van der Waals surface area contributed by atoms with E-state index in [2.05, 4.69) is 10.3 Å². The quantitative estimate of drug-likeness (QED) is 0.395. The Labute approximate surface area is 141 Å². The van der Waals surface area contributed by atoms with Gasteiger partial charge in [0.15, 0.2) is 17.5 Å². The lowest BCUT2D eigenvalue weighted by atomic mass is 9.80. The maximum absolute atomic E-state index is 9.95. The van der Waals surface area contributed by atoms with Crippen molar-refractivity contribution >= 4 is 35.6 Å². The van der Waals surface area contributed by atoms with Gasteiger partial charge in [0.05, 0.1) is 26.4 Å². The first-order valence-electron chi connectivity index (χ1n) is 6.58. The molecule has 4 N–H and O–H groups in total. The van der Waals surface area contributed by atoms with Crippen LogP contribution in [0.2, 0.25) is 0 Å². The number of benzene rings is 1. The molecule has 118 valence electrons. The van der Waals surface area contributed by atoms with Gasteiger partial charge in [-0.05, 0) is 31.4 Å². The van der Waals surface area contributed by atoms with Gasteiger partial charge in [0, 0.05) is 11.8 Å². The number of guanidine groups is 1. The highest BCUT2D eigenvalue weighted by Gasteiger charge is 2.33. The maximum atomic E-state index is 9.95. The number of nitrogens with two attached hydrogens (primary N) is 1. The highest BCUT2D eigenvalue weighted by Crippen LogP contribution is 2.32. The first-order valence-corrected chi connectivity index (χ1v) is 6.58. The standard InChI is InChI=1S/C14H21N3O3.HI/c1-19-11-5-4-10(8-12(11)20-2)17-13(15)16-9-14(18)6-3-7-14;/h4-5,8,18H,3,6-7,9H2,1-2H3,(H3,15,16,17);1H. The summed E-state index contributed by atoms with van der Waals surface area (Å²) in [5, 5.41) is 12.9. The SMILES string of the molecule is COc1ccc(NC(N)=NCC2(O)CCC2)cc1OC.I. The molecule has 1 aliphatic carbocycles. The normalized spacial score (nSPS) is 16.4. The number of anilines is 1. The van der Waals surface area contributed by atoms with E-state index in [1.54, 1.807) is 26.4 Å². The topological polar surface area (TPSA) is 89.1 Å². The molecular weight excluding hydrogens is 385 g/mol. The van der Waals surface area contributed by atoms with E-state index < -0.39 is 5.60 Å². The molecular formula is C14H22IN3O3. The van der Waals surface area contributed by atoms with Crippen molar-refractivity contribution in [2.45, 2.75) is 24.9 Å². The summed E-state index contributed by atoms with van der Waals surface area (Å²) in [6.07, 6.45) is 2.63. The molecule has 0 atom stereocenters. The Balaban J connectivity index is 0.00000220. The van der Waals surface area contributed by atoms with E-state index in [0.717, 1.165) is 24.9 Å². The van der Waals surface area contributed by atoms with Gasteiger partial charge < -0.3 is 25.6 Å². The molecule has 0 bridgehead atoms. The van der Waals surface area contributed by atoms with Crippen LogP contribution >= 0.6 is 24.0 Å². The summed E-state index contributed by atoms with van der Waals surface area (Å²) >= 11 is 0. The van der Waals surface area contributed by atoms with Crippen molar-refractivity contribution in [3.63, 3.8) is 0 Å². The van der Waals surface area contributed by atoms with Crippen LogP contribution in [0, 0.1) is 0 Å². The lowest BCUT2D eigenvalue weighted by molar-refractivity contribution is -0.0235. The zero-order valence-electron chi connectivity index (χ0n) is 12.3. The van der Waals surface area contributed by atoms with Crippen molar-refractivity contribution in [1.82, 2.24) is 0 Å². The third kappa shape index (κ3) is 4.63. The molecule has 1 aromatic carbocycles. The molecule has 0 radical (unpaired) electrons. The third-order valence-electron chi connectivity index (χ3n) is 3.48. The number of rotatable bonds is 5. The molecule has 0 heterocycles. The molecule has 6 nitrogen and oxygen atoms in total. The number of hydrogen-bond acceptors (Lipinski definition) is 4. The third-order valence-corrected chi connectivity index (χ3v) is 3.48. The minimum Gasteiger partial charge on any atom is -0.493 e. The lowest BCUT2D eigenvalue weighted by Gasteiger charge is -2.34. The maximum Gasteiger partial charge on any atom is 0.193 e. The molecule has 0 amide bonds. The second kappa shape index (κ2) is 7.69. The zero-order chi connectivity index (χ0) is 14.6. The first-order chi connectivity index (χ1) is 9.56. The van der Waals surface area contributed by atoms with Crippen molar-refractivity contribution in [2.24, 2.45) is 10.7 Å². The van der Waals surface area contributed by atoms with E-state index in [0.29, 0.717) is 18.0 Å². The fourth-order valence-corrected chi connectivity index (χ4v) is 2.08. The number of aliphatic imine (C=N–C) groups is 1. The van der Waals surface area contributed by atoms with Gasteiger partial charge in [-0.2, -0.15) is 0 Å². The van der Waals surface area contributed by atoms with Gasteiger partial charge >= 0.3 is 0 Å². The minimum atomic E-state index is -0.663. The van der Waals surface area contributed by atoms with Crippen LogP contribution in [0.15, 0.2) is 23.2 Å². The summed E-state index contributed by atoms with van der Waals surface area (Å²) in [5.41, 5.74) is 5.90. The van der Waals surface area contributed by atoms with Gasteiger partial charge in [0.1, 0.15) is 0 Å². The van der Waals surface area contributed by atoms with E-state index in [1.165, 1.54) is 0 Å². The van der Waals surface area contributed by atoms with Crippen molar-refractivity contribution in [2.75, 3.05) is 26.1 Å². The summed E-state index contributed by atoms with van der Waals surface area (Å²) in [6, 6.07) is 5.38. The lowest BCUT2D eigenvalue weighted by Crippen LogP contribution is -2.41.